The summed E-state index contributed by atoms with van der Waals surface area (Å²) in [5.41, 5.74) is 0. The standard InChI is InChI=1S/C23H34BBrO4S/c1-15-21(25)13-18(30-15)10-8-17(26)9-11-19-16(14-24)12-22(27)20(19)6-4-2-3-5-7-23(28)29/h9,11,13,16-17,19-20,22,26-27H,2-8,10,12,14H2,1H3,(H,28,29)/b11-9+/t16-,17-,19-,20+,22?/m0/s1. The third-order valence-corrected chi connectivity index (χ3v) is 8.40. The average molecular weight is 497 g/mol. The van der Waals surface area contributed by atoms with Crippen LogP contribution in [0.3, 0.4) is 0 Å². The highest BCUT2D eigenvalue weighted by atomic mass is 79.9. The Kier molecular flexibility index (Phi) is 11.1. The Morgan fingerprint density at radius 2 is 2.10 bits per heavy atom. The normalized spacial score (nSPS) is 25.2. The third-order valence-electron chi connectivity index (χ3n) is 6.21. The quantitative estimate of drug-likeness (QED) is 0.197. The second-order valence-electron chi connectivity index (χ2n) is 8.49. The summed E-state index contributed by atoms with van der Waals surface area (Å²) in [6.45, 7) is 2.08. The number of allylic oxidation sites excluding steroid dienone is 1. The molecule has 1 heterocycles. The Labute approximate surface area is 194 Å². The highest BCUT2D eigenvalue weighted by molar-refractivity contribution is 9.10. The van der Waals surface area contributed by atoms with Gasteiger partial charge in [-0.05, 0) is 78.8 Å². The van der Waals surface area contributed by atoms with Crippen LogP contribution in [0.5, 0.6) is 0 Å². The Balaban J connectivity index is 1.83. The summed E-state index contributed by atoms with van der Waals surface area (Å²) in [6.07, 6.45) is 10.6. The molecule has 1 aromatic heterocycles. The Hall–Kier alpha value is -0.625. The van der Waals surface area contributed by atoms with E-state index in [1.807, 2.05) is 6.08 Å². The monoisotopic (exact) mass is 496 g/mol. The van der Waals surface area contributed by atoms with E-state index in [1.54, 1.807) is 11.3 Å². The molecule has 3 N–H and O–H groups in total. The number of thiophene rings is 1. The van der Waals surface area contributed by atoms with Crippen LogP contribution >= 0.6 is 27.3 Å². The zero-order chi connectivity index (χ0) is 22.1. The van der Waals surface area contributed by atoms with E-state index in [0.717, 1.165) is 36.6 Å². The molecule has 30 heavy (non-hydrogen) atoms. The zero-order valence-corrected chi connectivity index (χ0v) is 20.2. The van der Waals surface area contributed by atoms with E-state index in [0.29, 0.717) is 25.6 Å². The molecule has 1 fully saturated rings. The van der Waals surface area contributed by atoms with Crippen LogP contribution in [-0.4, -0.2) is 41.3 Å². The van der Waals surface area contributed by atoms with E-state index < -0.39 is 12.1 Å². The molecule has 2 radical (unpaired) electrons. The van der Waals surface area contributed by atoms with Gasteiger partial charge >= 0.3 is 5.97 Å². The highest BCUT2D eigenvalue weighted by Crippen LogP contribution is 2.42. The van der Waals surface area contributed by atoms with E-state index in [4.69, 9.17) is 13.0 Å². The lowest BCUT2D eigenvalue weighted by Crippen LogP contribution is -2.19. The minimum atomic E-state index is -0.738. The SMILES string of the molecule is [B]C[C@@H]1CC(O)[C@H](CCCCCCC(=O)O)[C@H]1/C=C/[C@@H](O)CCc1cc(Br)c(C)s1. The van der Waals surface area contributed by atoms with Gasteiger partial charge in [-0.3, -0.25) is 4.79 Å². The molecule has 7 heteroatoms. The number of hydrogen-bond acceptors (Lipinski definition) is 4. The number of rotatable bonds is 13. The lowest BCUT2D eigenvalue weighted by atomic mass is 9.79. The fourth-order valence-electron chi connectivity index (χ4n) is 4.48. The molecule has 1 aliphatic carbocycles. The topological polar surface area (TPSA) is 77.8 Å². The number of aliphatic hydroxyl groups excluding tert-OH is 2. The summed E-state index contributed by atoms with van der Waals surface area (Å²) in [7, 11) is 5.96. The van der Waals surface area contributed by atoms with Crippen LogP contribution in [0.1, 0.15) is 61.1 Å². The number of halogens is 1. The van der Waals surface area contributed by atoms with Crippen molar-refractivity contribution in [3.63, 3.8) is 0 Å². The summed E-state index contributed by atoms with van der Waals surface area (Å²) in [5.74, 6) is -0.136. The largest absolute Gasteiger partial charge is 0.481 e. The summed E-state index contributed by atoms with van der Waals surface area (Å²) < 4.78 is 1.13. The molecule has 0 saturated heterocycles. The summed E-state index contributed by atoms with van der Waals surface area (Å²) >= 11 is 5.29. The first-order chi connectivity index (χ1) is 14.3. The lowest BCUT2D eigenvalue weighted by molar-refractivity contribution is -0.137. The maximum Gasteiger partial charge on any atom is 0.303 e. The van der Waals surface area contributed by atoms with Crippen molar-refractivity contribution in [3.05, 3.63) is 32.4 Å². The number of unbranched alkanes of at least 4 members (excludes halogenated alkanes) is 3. The van der Waals surface area contributed by atoms with Gasteiger partial charge in [0.15, 0.2) is 0 Å². The predicted molar refractivity (Wildman–Crippen MR) is 127 cm³/mol. The van der Waals surface area contributed by atoms with Crippen molar-refractivity contribution < 1.29 is 20.1 Å². The van der Waals surface area contributed by atoms with E-state index in [-0.39, 0.29) is 30.3 Å². The molecule has 1 unspecified atom stereocenters. The van der Waals surface area contributed by atoms with E-state index in [2.05, 4.69) is 35.0 Å². The molecule has 0 aliphatic heterocycles. The first-order valence-electron chi connectivity index (χ1n) is 11.0. The van der Waals surface area contributed by atoms with Crippen molar-refractivity contribution in [1.29, 1.82) is 0 Å². The minimum absolute atomic E-state index is 0.164. The van der Waals surface area contributed by atoms with Crippen LogP contribution in [0.4, 0.5) is 0 Å². The molecule has 2 rings (SSSR count). The van der Waals surface area contributed by atoms with Gasteiger partial charge in [0.1, 0.15) is 0 Å². The lowest BCUT2D eigenvalue weighted by Gasteiger charge is -2.23. The van der Waals surface area contributed by atoms with Crippen molar-refractivity contribution in [2.75, 3.05) is 0 Å². The first kappa shape index (κ1) is 25.6. The number of aliphatic hydroxyl groups is 2. The first-order valence-corrected chi connectivity index (χ1v) is 12.6. The van der Waals surface area contributed by atoms with Crippen molar-refractivity contribution in [3.8, 4) is 0 Å². The molecule has 4 nitrogen and oxygen atoms in total. The van der Waals surface area contributed by atoms with Gasteiger partial charge in [-0.2, -0.15) is 0 Å². The van der Waals surface area contributed by atoms with Gasteiger partial charge < -0.3 is 15.3 Å². The summed E-state index contributed by atoms with van der Waals surface area (Å²) in [5, 5.41) is 29.7. The molecular weight excluding hydrogens is 463 g/mol. The van der Waals surface area contributed by atoms with Crippen LogP contribution in [0.25, 0.3) is 0 Å². The second kappa shape index (κ2) is 13.0. The molecule has 0 aromatic carbocycles. The van der Waals surface area contributed by atoms with E-state index >= 15 is 0 Å². The predicted octanol–water partition coefficient (Wildman–Crippen LogP) is 5.29. The van der Waals surface area contributed by atoms with Crippen molar-refractivity contribution in [2.45, 2.75) is 83.2 Å². The zero-order valence-electron chi connectivity index (χ0n) is 17.8. The fraction of sp³-hybridized carbons (Fsp3) is 0.696. The fourth-order valence-corrected chi connectivity index (χ4v) is 6.10. The Morgan fingerprint density at radius 1 is 1.37 bits per heavy atom. The van der Waals surface area contributed by atoms with Crippen LogP contribution in [0.2, 0.25) is 6.32 Å². The van der Waals surface area contributed by atoms with E-state index in [1.165, 1.54) is 9.75 Å². The molecule has 0 amide bonds. The number of carboxylic acid groups (broad SMARTS) is 1. The molecule has 1 saturated carbocycles. The maximum absolute atomic E-state index is 10.6. The highest BCUT2D eigenvalue weighted by Gasteiger charge is 2.39. The number of carboxylic acids is 1. The third kappa shape index (κ3) is 8.14. The van der Waals surface area contributed by atoms with Crippen molar-refractivity contribution in [1.82, 2.24) is 0 Å². The van der Waals surface area contributed by atoms with Gasteiger partial charge in [0, 0.05) is 20.6 Å². The van der Waals surface area contributed by atoms with Crippen LogP contribution < -0.4 is 0 Å². The van der Waals surface area contributed by atoms with Crippen molar-refractivity contribution in [2.24, 2.45) is 17.8 Å². The molecule has 0 bridgehead atoms. The Morgan fingerprint density at radius 3 is 2.73 bits per heavy atom. The molecule has 1 aliphatic rings. The number of hydrogen-bond donors (Lipinski definition) is 3. The van der Waals surface area contributed by atoms with Crippen LogP contribution in [0.15, 0.2) is 22.7 Å². The second-order valence-corrected chi connectivity index (χ2v) is 10.7. The number of aryl methyl sites for hydroxylation is 2. The number of aliphatic carboxylic acids is 1. The molecule has 5 atom stereocenters. The van der Waals surface area contributed by atoms with Gasteiger partial charge in [-0.15, -0.1) is 11.3 Å². The van der Waals surface area contributed by atoms with E-state index in [9.17, 15) is 15.0 Å². The number of carbonyl (C=O) groups is 1. The molecule has 1 aromatic rings. The molecule has 0 spiro atoms. The minimum Gasteiger partial charge on any atom is -0.481 e. The molecular formula is C23H34BBrO4S. The van der Waals surface area contributed by atoms with Gasteiger partial charge in [0.2, 0.25) is 0 Å². The maximum atomic E-state index is 10.6. The van der Waals surface area contributed by atoms with Crippen LogP contribution in [0, 0.1) is 24.7 Å². The summed E-state index contributed by atoms with van der Waals surface area (Å²) in [6, 6.07) is 2.13. The van der Waals surface area contributed by atoms with Gasteiger partial charge in [0.05, 0.1) is 20.1 Å². The Bertz CT molecular complexity index is 673. The smallest absolute Gasteiger partial charge is 0.303 e. The molecule has 166 valence electrons. The average Bonchev–Trinajstić information content (AvgIpc) is 3.19. The van der Waals surface area contributed by atoms with Gasteiger partial charge in [-0.1, -0.05) is 37.7 Å². The van der Waals surface area contributed by atoms with Gasteiger partial charge in [0.25, 0.3) is 0 Å². The van der Waals surface area contributed by atoms with Gasteiger partial charge in [-0.25, -0.2) is 0 Å². The van der Waals surface area contributed by atoms with Crippen LogP contribution in [-0.2, 0) is 11.2 Å². The summed E-state index contributed by atoms with van der Waals surface area (Å²) in [4.78, 5) is 13.1. The van der Waals surface area contributed by atoms with Crippen molar-refractivity contribution >= 4 is 41.1 Å².